The molecule has 0 aromatic heterocycles. The predicted molar refractivity (Wildman–Crippen MR) is 203 cm³/mol. The van der Waals surface area contributed by atoms with Crippen LogP contribution in [0.1, 0.15) is 155 Å². The number of aliphatic hydroxyl groups is 5. The molecule has 6 atom stereocenters. The summed E-state index contributed by atoms with van der Waals surface area (Å²) in [6, 6.07) is 0. The lowest BCUT2D eigenvalue weighted by Crippen LogP contribution is -2.64. The van der Waals surface area contributed by atoms with Crippen LogP contribution in [0, 0.1) is 0 Å². The van der Waals surface area contributed by atoms with Crippen molar-refractivity contribution >= 4 is 13.8 Å². The van der Waals surface area contributed by atoms with Crippen LogP contribution >= 0.6 is 7.82 Å². The Morgan fingerprint density at radius 1 is 0.615 bits per heavy atom. The van der Waals surface area contributed by atoms with Crippen LogP contribution in [-0.4, -0.2) is 98.9 Å². The molecule has 0 aromatic rings. The summed E-state index contributed by atoms with van der Waals surface area (Å²) < 4.78 is 34.0. The quantitative estimate of drug-likeness (QED) is 0.0174. The van der Waals surface area contributed by atoms with E-state index < -0.39 is 63.1 Å². The first-order chi connectivity index (χ1) is 25.0. The average molecular weight is 765 g/mol. The zero-order valence-electron chi connectivity index (χ0n) is 32.1. The summed E-state index contributed by atoms with van der Waals surface area (Å²) >= 11 is 0. The molecule has 0 saturated heterocycles. The Bertz CT molecular complexity index is 963. The fourth-order valence-electron chi connectivity index (χ4n) is 6.04. The number of esters is 1. The summed E-state index contributed by atoms with van der Waals surface area (Å²) in [6.45, 7) is 4.14. The first-order valence-corrected chi connectivity index (χ1v) is 21.7. The number of hydrogen-bond donors (Lipinski definition) is 6. The molecule has 0 radical (unpaired) electrons. The smallest absolute Gasteiger partial charge is 0.457 e. The Kier molecular flexibility index (Phi) is 29.2. The van der Waals surface area contributed by atoms with E-state index in [1.54, 1.807) is 0 Å². The molecule has 1 aliphatic rings. The zero-order valence-corrected chi connectivity index (χ0v) is 33.0. The molecule has 0 spiro atoms. The lowest BCUT2D eigenvalue weighted by Gasteiger charge is -2.41. The van der Waals surface area contributed by atoms with Crippen molar-refractivity contribution < 1.29 is 58.3 Å². The van der Waals surface area contributed by atoms with Gasteiger partial charge in [-0.05, 0) is 38.5 Å². The Hall–Kier alpha value is -1.18. The minimum absolute atomic E-state index is 0.0811. The summed E-state index contributed by atoms with van der Waals surface area (Å²) in [7, 11) is -5.01. The second kappa shape index (κ2) is 31.1. The van der Waals surface area contributed by atoms with Gasteiger partial charge in [0.05, 0.1) is 13.2 Å². The van der Waals surface area contributed by atoms with Gasteiger partial charge in [0.25, 0.3) is 0 Å². The van der Waals surface area contributed by atoms with Crippen LogP contribution in [0.5, 0.6) is 0 Å². The van der Waals surface area contributed by atoms with Gasteiger partial charge in [-0.3, -0.25) is 13.8 Å². The summed E-state index contributed by atoms with van der Waals surface area (Å²) in [5.74, 6) is -0.483. The summed E-state index contributed by atoms with van der Waals surface area (Å²) in [6.07, 6.45) is 19.7. The number of phosphoric ester groups is 1. The monoisotopic (exact) mass is 764 g/mol. The van der Waals surface area contributed by atoms with Crippen molar-refractivity contribution in [2.24, 2.45) is 0 Å². The number of aliphatic hydroxyl groups excluding tert-OH is 5. The van der Waals surface area contributed by atoms with E-state index >= 15 is 0 Å². The Labute approximate surface area is 313 Å². The van der Waals surface area contributed by atoms with Crippen LogP contribution in [0.2, 0.25) is 0 Å². The third-order valence-corrected chi connectivity index (χ3v) is 10.3. The van der Waals surface area contributed by atoms with Crippen molar-refractivity contribution in [3.63, 3.8) is 0 Å². The van der Waals surface area contributed by atoms with Crippen LogP contribution in [0.3, 0.4) is 0 Å². The zero-order chi connectivity index (χ0) is 38.5. The van der Waals surface area contributed by atoms with Crippen molar-refractivity contribution in [1.29, 1.82) is 0 Å². The van der Waals surface area contributed by atoms with Crippen LogP contribution in [0.4, 0.5) is 0 Å². The van der Waals surface area contributed by atoms with Gasteiger partial charge in [-0.1, -0.05) is 134 Å². The number of ether oxygens (including phenoxy) is 2. The van der Waals surface area contributed by atoms with E-state index in [0.29, 0.717) is 13.0 Å². The molecule has 13 heteroatoms. The van der Waals surface area contributed by atoms with Crippen molar-refractivity contribution in [2.45, 2.75) is 198 Å². The molecule has 12 nitrogen and oxygen atoms in total. The van der Waals surface area contributed by atoms with E-state index in [2.05, 4.69) is 38.2 Å². The van der Waals surface area contributed by atoms with E-state index in [1.807, 2.05) is 0 Å². The SMILES string of the molecule is CCC/C=C\C/C=C\CCCCCCCCOCC(COP(=O)(O)OC1C(O)C(O)C(O)C(O)C1O)OC(=O)CCCCCCCCCCCCC. The van der Waals surface area contributed by atoms with Crippen LogP contribution in [0.25, 0.3) is 0 Å². The molecule has 1 fully saturated rings. The van der Waals surface area contributed by atoms with Gasteiger partial charge >= 0.3 is 13.8 Å². The standard InChI is InChI=1S/C39H73O12P/c1-3-5-7-9-11-13-15-16-17-19-21-23-25-27-29-48-30-32(50-33(40)28-26-24-22-20-18-14-12-10-8-6-4-2)31-49-52(46,47)51-39-37(44)35(42)34(41)36(43)38(39)45/h7,9,13,15,32,34-39,41-45H,3-6,8,10-12,14,16-31H2,1-2H3,(H,46,47)/b9-7-,15-13-. The predicted octanol–water partition coefficient (Wildman–Crippen LogP) is 6.97. The molecule has 1 aliphatic carbocycles. The van der Waals surface area contributed by atoms with Crippen molar-refractivity contribution in [2.75, 3.05) is 19.8 Å². The van der Waals surface area contributed by atoms with Crippen molar-refractivity contribution in [1.82, 2.24) is 0 Å². The number of rotatable bonds is 33. The van der Waals surface area contributed by atoms with Gasteiger partial charge in [0.2, 0.25) is 0 Å². The molecular weight excluding hydrogens is 691 g/mol. The number of allylic oxidation sites excluding steroid dienone is 4. The molecule has 6 unspecified atom stereocenters. The molecule has 0 aliphatic heterocycles. The van der Waals surface area contributed by atoms with Gasteiger partial charge in [0.15, 0.2) is 0 Å². The highest BCUT2D eigenvalue weighted by Crippen LogP contribution is 2.47. The second-order valence-corrected chi connectivity index (χ2v) is 15.5. The summed E-state index contributed by atoms with van der Waals surface area (Å²) in [4.78, 5) is 23.0. The minimum atomic E-state index is -5.01. The third kappa shape index (κ3) is 23.6. The Morgan fingerprint density at radius 2 is 1.12 bits per heavy atom. The van der Waals surface area contributed by atoms with E-state index in [9.17, 15) is 39.8 Å². The lowest BCUT2D eigenvalue weighted by molar-refractivity contribution is -0.220. The second-order valence-electron chi connectivity index (χ2n) is 14.1. The van der Waals surface area contributed by atoms with E-state index in [1.165, 1.54) is 57.8 Å². The molecular formula is C39H73O12P. The molecule has 0 heterocycles. The van der Waals surface area contributed by atoms with Gasteiger partial charge in [-0.2, -0.15) is 0 Å². The number of hydrogen-bond acceptors (Lipinski definition) is 11. The normalized spacial score (nSPS) is 24.1. The molecule has 6 N–H and O–H groups in total. The largest absolute Gasteiger partial charge is 0.472 e. The fraction of sp³-hybridized carbons (Fsp3) is 0.872. The molecule has 52 heavy (non-hydrogen) atoms. The first-order valence-electron chi connectivity index (χ1n) is 20.2. The maximum atomic E-state index is 12.7. The maximum absolute atomic E-state index is 12.7. The summed E-state index contributed by atoms with van der Waals surface area (Å²) in [5, 5.41) is 50.0. The maximum Gasteiger partial charge on any atom is 0.472 e. The van der Waals surface area contributed by atoms with Crippen molar-refractivity contribution in [3.8, 4) is 0 Å². The van der Waals surface area contributed by atoms with Gasteiger partial charge in [0, 0.05) is 13.0 Å². The first kappa shape index (κ1) is 48.8. The van der Waals surface area contributed by atoms with Crippen LogP contribution in [0.15, 0.2) is 24.3 Å². The fourth-order valence-corrected chi connectivity index (χ4v) is 7.01. The Morgan fingerprint density at radius 3 is 1.69 bits per heavy atom. The van der Waals surface area contributed by atoms with Gasteiger partial charge < -0.3 is 39.9 Å². The van der Waals surface area contributed by atoms with E-state index in [0.717, 1.165) is 70.6 Å². The van der Waals surface area contributed by atoms with Gasteiger partial charge in [0.1, 0.15) is 42.7 Å². The van der Waals surface area contributed by atoms with E-state index in [4.69, 9.17) is 18.5 Å². The molecule has 0 amide bonds. The van der Waals surface area contributed by atoms with Crippen LogP contribution in [-0.2, 0) is 27.9 Å². The summed E-state index contributed by atoms with van der Waals surface area (Å²) in [5.41, 5.74) is 0. The van der Waals surface area contributed by atoms with Gasteiger partial charge in [-0.15, -0.1) is 0 Å². The molecule has 1 saturated carbocycles. The van der Waals surface area contributed by atoms with Crippen LogP contribution < -0.4 is 0 Å². The topological polar surface area (TPSA) is 192 Å². The highest BCUT2D eigenvalue weighted by Gasteiger charge is 2.51. The third-order valence-electron chi connectivity index (χ3n) is 9.31. The number of unbranched alkanes of at least 4 members (excludes halogenated alkanes) is 17. The van der Waals surface area contributed by atoms with Gasteiger partial charge in [-0.25, -0.2) is 4.57 Å². The average Bonchev–Trinajstić information content (AvgIpc) is 3.12. The highest BCUT2D eigenvalue weighted by atomic mass is 31.2. The number of carbonyl (C=O) groups is 1. The molecule has 0 aromatic carbocycles. The molecule has 0 bridgehead atoms. The number of phosphoric acid groups is 1. The number of carbonyl (C=O) groups excluding carboxylic acids is 1. The lowest BCUT2D eigenvalue weighted by atomic mass is 9.85. The molecule has 306 valence electrons. The van der Waals surface area contributed by atoms with E-state index in [-0.39, 0.29) is 13.0 Å². The highest BCUT2D eigenvalue weighted by molar-refractivity contribution is 7.47. The minimum Gasteiger partial charge on any atom is -0.457 e. The molecule has 1 rings (SSSR count). The Balaban J connectivity index is 2.46. The van der Waals surface area contributed by atoms with Crippen molar-refractivity contribution in [3.05, 3.63) is 24.3 Å².